The molecule has 0 saturated heterocycles. The van der Waals surface area contributed by atoms with E-state index in [4.69, 9.17) is 0 Å². The smallest absolute Gasteiger partial charge is 0.308 e. The normalized spacial score (nSPS) is 10.7. The first-order chi connectivity index (χ1) is 13.1. The van der Waals surface area contributed by atoms with Crippen molar-refractivity contribution in [3.8, 4) is 11.3 Å². The molecule has 0 aliphatic heterocycles. The van der Waals surface area contributed by atoms with E-state index in [0.29, 0.717) is 5.69 Å². The monoisotopic (exact) mass is 364 g/mol. The van der Waals surface area contributed by atoms with Crippen molar-refractivity contribution in [1.82, 2.24) is 9.38 Å². The third-order valence-electron chi connectivity index (χ3n) is 3.98. The van der Waals surface area contributed by atoms with E-state index in [0.717, 1.165) is 29.0 Å². The molecule has 2 aromatic heterocycles. The summed E-state index contributed by atoms with van der Waals surface area (Å²) in [5.74, 6) is -1.99. The summed E-state index contributed by atoms with van der Waals surface area (Å²) in [5.41, 5.74) is 3.29. The summed E-state index contributed by atoms with van der Waals surface area (Å²) in [4.78, 5) is 16.5. The minimum absolute atomic E-state index is 0.160. The molecule has 0 spiro atoms. The third-order valence-corrected chi connectivity index (χ3v) is 3.98. The summed E-state index contributed by atoms with van der Waals surface area (Å²) in [7, 11) is 0. The molecule has 2 aromatic carbocycles. The second-order valence-electron chi connectivity index (χ2n) is 5.88. The van der Waals surface area contributed by atoms with Crippen molar-refractivity contribution in [1.29, 1.82) is 0 Å². The number of carbonyl (C=O) groups excluding carboxylic acids is 1. The van der Waals surface area contributed by atoms with Gasteiger partial charge in [0, 0.05) is 35.4 Å². The van der Waals surface area contributed by atoms with Crippen molar-refractivity contribution in [3.05, 3.63) is 84.7 Å². The van der Waals surface area contributed by atoms with Crippen LogP contribution in [0.5, 0.6) is 0 Å². The lowest BCUT2D eigenvalue weighted by Gasteiger charge is -2.08. The van der Waals surface area contributed by atoms with Crippen LogP contribution in [0.15, 0.2) is 73.1 Å². The topological polar surface area (TPSA) is 58.4 Å². The Hall–Kier alpha value is -3.74. The molecule has 0 unspecified atom stereocenters. The van der Waals surface area contributed by atoms with Gasteiger partial charge in [-0.3, -0.25) is 0 Å². The Morgan fingerprint density at radius 1 is 0.889 bits per heavy atom. The van der Waals surface area contributed by atoms with Crippen LogP contribution >= 0.6 is 0 Å². The van der Waals surface area contributed by atoms with Crippen molar-refractivity contribution in [3.63, 3.8) is 0 Å². The molecule has 7 heteroatoms. The number of urea groups is 1. The van der Waals surface area contributed by atoms with Gasteiger partial charge < -0.3 is 15.0 Å². The predicted octanol–water partition coefficient (Wildman–Crippen LogP) is 4.92. The fraction of sp³-hybridized carbons (Fsp3) is 0. The van der Waals surface area contributed by atoms with Crippen LogP contribution < -0.4 is 10.6 Å². The summed E-state index contributed by atoms with van der Waals surface area (Å²) in [6.07, 6.45) is 3.85. The van der Waals surface area contributed by atoms with Crippen molar-refractivity contribution < 1.29 is 13.6 Å². The summed E-state index contributed by atoms with van der Waals surface area (Å²) in [6, 6.07) is 15.5. The molecular weight excluding hydrogens is 350 g/mol. The molecule has 5 nitrogen and oxygen atoms in total. The zero-order valence-electron chi connectivity index (χ0n) is 14.0. The van der Waals surface area contributed by atoms with Crippen LogP contribution in [-0.4, -0.2) is 15.4 Å². The van der Waals surface area contributed by atoms with Crippen molar-refractivity contribution >= 4 is 23.1 Å². The highest BCUT2D eigenvalue weighted by Gasteiger charge is 2.08. The molecule has 0 radical (unpaired) electrons. The van der Waals surface area contributed by atoms with Crippen LogP contribution in [0.25, 0.3) is 16.9 Å². The quantitative estimate of drug-likeness (QED) is 0.542. The number of anilines is 2. The van der Waals surface area contributed by atoms with E-state index in [-0.39, 0.29) is 5.69 Å². The second-order valence-corrected chi connectivity index (χ2v) is 5.88. The van der Waals surface area contributed by atoms with Crippen LogP contribution in [-0.2, 0) is 0 Å². The first-order valence-electron chi connectivity index (χ1n) is 8.16. The van der Waals surface area contributed by atoms with Gasteiger partial charge in [-0.25, -0.2) is 18.6 Å². The molecule has 27 heavy (non-hydrogen) atoms. The molecule has 0 fully saturated rings. The standard InChI is InChI=1S/C20H14F2N4O/c21-16-9-8-15(11-17(16)22)24-20(27)23-14-6-4-13(5-7-14)18-12-26-10-2-1-3-19(26)25-18/h1-12H,(H2,23,24,27). The van der Waals surface area contributed by atoms with Gasteiger partial charge in [0.05, 0.1) is 5.69 Å². The molecule has 0 atom stereocenters. The first kappa shape index (κ1) is 16.7. The molecule has 2 N–H and O–H groups in total. The summed E-state index contributed by atoms with van der Waals surface area (Å²) in [6.45, 7) is 0. The Morgan fingerprint density at radius 2 is 1.63 bits per heavy atom. The highest BCUT2D eigenvalue weighted by atomic mass is 19.2. The number of imidazole rings is 1. The van der Waals surface area contributed by atoms with Gasteiger partial charge in [0.1, 0.15) is 5.65 Å². The fourth-order valence-electron chi connectivity index (χ4n) is 2.67. The molecule has 0 aliphatic carbocycles. The Morgan fingerprint density at radius 3 is 2.37 bits per heavy atom. The third kappa shape index (κ3) is 3.62. The number of halogens is 2. The summed E-state index contributed by atoms with van der Waals surface area (Å²) < 4.78 is 28.0. The van der Waals surface area contributed by atoms with E-state index in [1.165, 1.54) is 6.07 Å². The Kier molecular flexibility index (Phi) is 4.25. The highest BCUT2D eigenvalue weighted by molar-refractivity contribution is 5.99. The molecule has 0 saturated carbocycles. The average Bonchev–Trinajstić information content (AvgIpc) is 3.09. The lowest BCUT2D eigenvalue weighted by molar-refractivity contribution is 0.262. The van der Waals surface area contributed by atoms with Gasteiger partial charge in [-0.15, -0.1) is 0 Å². The number of rotatable bonds is 3. The minimum atomic E-state index is -1.02. The fourth-order valence-corrected chi connectivity index (χ4v) is 2.67. The number of carbonyl (C=O) groups is 1. The SMILES string of the molecule is O=C(Nc1ccc(-c2cn3ccccc3n2)cc1)Nc1ccc(F)c(F)c1. The van der Waals surface area contributed by atoms with Crippen molar-refractivity contribution in [2.45, 2.75) is 0 Å². The number of hydrogen-bond acceptors (Lipinski definition) is 2. The number of benzene rings is 2. The van der Waals surface area contributed by atoms with Gasteiger partial charge in [-0.1, -0.05) is 18.2 Å². The van der Waals surface area contributed by atoms with Gasteiger partial charge in [-0.2, -0.15) is 0 Å². The number of pyridine rings is 1. The number of aromatic nitrogens is 2. The van der Waals surface area contributed by atoms with Crippen LogP contribution in [0, 0.1) is 11.6 Å². The number of hydrogen-bond donors (Lipinski definition) is 2. The molecular formula is C20H14F2N4O. The predicted molar refractivity (Wildman–Crippen MR) is 99.6 cm³/mol. The molecule has 2 amide bonds. The Labute approximate surface area is 153 Å². The Balaban J connectivity index is 1.45. The van der Waals surface area contributed by atoms with E-state index in [2.05, 4.69) is 15.6 Å². The van der Waals surface area contributed by atoms with E-state index >= 15 is 0 Å². The number of nitrogens with one attached hydrogen (secondary N) is 2. The Bertz CT molecular complexity index is 1090. The zero-order chi connectivity index (χ0) is 18.8. The highest BCUT2D eigenvalue weighted by Crippen LogP contribution is 2.21. The maximum Gasteiger partial charge on any atom is 0.323 e. The van der Waals surface area contributed by atoms with E-state index in [1.54, 1.807) is 12.1 Å². The average molecular weight is 364 g/mol. The van der Waals surface area contributed by atoms with Crippen molar-refractivity contribution in [2.24, 2.45) is 0 Å². The lowest BCUT2D eigenvalue weighted by Crippen LogP contribution is -2.19. The molecule has 0 aliphatic rings. The molecule has 0 bridgehead atoms. The summed E-state index contributed by atoms with van der Waals surface area (Å²) >= 11 is 0. The van der Waals surface area contributed by atoms with Gasteiger partial charge in [0.15, 0.2) is 11.6 Å². The largest absolute Gasteiger partial charge is 0.323 e. The van der Waals surface area contributed by atoms with Gasteiger partial charge in [0.2, 0.25) is 0 Å². The van der Waals surface area contributed by atoms with E-state index < -0.39 is 17.7 Å². The van der Waals surface area contributed by atoms with Gasteiger partial charge >= 0.3 is 6.03 Å². The van der Waals surface area contributed by atoms with Crippen LogP contribution in [0.4, 0.5) is 25.0 Å². The molecule has 4 rings (SSSR count). The zero-order valence-corrected chi connectivity index (χ0v) is 14.0. The molecule has 134 valence electrons. The van der Waals surface area contributed by atoms with E-state index in [1.807, 2.05) is 47.1 Å². The van der Waals surface area contributed by atoms with Gasteiger partial charge in [-0.05, 0) is 36.4 Å². The number of nitrogens with zero attached hydrogens (tertiary/aromatic N) is 2. The van der Waals surface area contributed by atoms with E-state index in [9.17, 15) is 13.6 Å². The van der Waals surface area contributed by atoms with Crippen molar-refractivity contribution in [2.75, 3.05) is 10.6 Å². The maximum absolute atomic E-state index is 13.2. The molecule has 4 aromatic rings. The number of fused-ring (bicyclic) bond motifs is 1. The molecule has 2 heterocycles. The first-order valence-corrected chi connectivity index (χ1v) is 8.16. The van der Waals surface area contributed by atoms with Crippen LogP contribution in [0.1, 0.15) is 0 Å². The van der Waals surface area contributed by atoms with Crippen LogP contribution in [0.3, 0.4) is 0 Å². The summed E-state index contributed by atoms with van der Waals surface area (Å²) in [5, 5.41) is 5.09. The maximum atomic E-state index is 13.2. The van der Waals surface area contributed by atoms with Crippen LogP contribution in [0.2, 0.25) is 0 Å². The lowest BCUT2D eigenvalue weighted by atomic mass is 10.1. The number of amides is 2. The van der Waals surface area contributed by atoms with Gasteiger partial charge in [0.25, 0.3) is 0 Å². The minimum Gasteiger partial charge on any atom is -0.308 e. The second kappa shape index (κ2) is 6.87.